The molecule has 0 unspecified atom stereocenters. The molecule has 0 radical (unpaired) electrons. The van der Waals surface area contributed by atoms with Gasteiger partial charge in [-0.15, -0.1) is 5.26 Å². The van der Waals surface area contributed by atoms with Crippen LogP contribution >= 0.6 is 0 Å². The average molecular weight is 110 g/mol. The van der Waals surface area contributed by atoms with E-state index in [-0.39, 0.29) is 11.8 Å². The maximum atomic E-state index is 7.90. The second-order valence-electron chi connectivity index (χ2n) is 1.83. The van der Waals surface area contributed by atoms with Gasteiger partial charge in [-0.05, 0) is 12.8 Å². The summed E-state index contributed by atoms with van der Waals surface area (Å²) in [6, 6.07) is 0. The van der Waals surface area contributed by atoms with Crippen LogP contribution in [0, 0.1) is 22.8 Å². The van der Waals surface area contributed by atoms with Crippen molar-refractivity contribution >= 4 is 5.90 Å². The standard InChI is InChI=1S/C5H6N2O/c6-3-8-5(7)4-1-2-4/h4,7H,1-2H2. The van der Waals surface area contributed by atoms with E-state index in [2.05, 4.69) is 4.74 Å². The van der Waals surface area contributed by atoms with E-state index in [9.17, 15) is 0 Å². The Labute approximate surface area is 47.4 Å². The van der Waals surface area contributed by atoms with E-state index in [4.69, 9.17) is 10.7 Å². The predicted molar refractivity (Wildman–Crippen MR) is 27.1 cm³/mol. The van der Waals surface area contributed by atoms with Gasteiger partial charge in [-0.2, -0.15) is 0 Å². The van der Waals surface area contributed by atoms with Crippen LogP contribution in [0.15, 0.2) is 0 Å². The lowest BCUT2D eigenvalue weighted by molar-refractivity contribution is 0.472. The molecule has 0 aromatic rings. The van der Waals surface area contributed by atoms with Crippen LogP contribution in [-0.4, -0.2) is 5.90 Å². The molecule has 0 spiro atoms. The van der Waals surface area contributed by atoms with Gasteiger partial charge in [-0.1, -0.05) is 0 Å². The Bertz CT molecular complexity index is 143. The summed E-state index contributed by atoms with van der Waals surface area (Å²) < 4.78 is 4.25. The molecular formula is C5H6N2O. The van der Waals surface area contributed by atoms with Gasteiger partial charge < -0.3 is 4.74 Å². The second kappa shape index (κ2) is 1.83. The first-order valence-corrected chi connectivity index (χ1v) is 2.49. The van der Waals surface area contributed by atoms with Crippen molar-refractivity contribution in [2.45, 2.75) is 12.8 Å². The number of rotatable bonds is 1. The maximum Gasteiger partial charge on any atom is 0.293 e. The summed E-state index contributed by atoms with van der Waals surface area (Å²) in [6.07, 6.45) is 3.49. The van der Waals surface area contributed by atoms with Crippen LogP contribution in [-0.2, 0) is 4.74 Å². The van der Waals surface area contributed by atoms with Crippen molar-refractivity contribution in [3.05, 3.63) is 0 Å². The fourth-order valence-corrected chi connectivity index (χ4v) is 0.478. The van der Waals surface area contributed by atoms with E-state index in [1.807, 2.05) is 0 Å². The highest BCUT2D eigenvalue weighted by atomic mass is 16.5. The first kappa shape index (κ1) is 5.10. The topological polar surface area (TPSA) is 56.9 Å². The lowest BCUT2D eigenvalue weighted by Crippen LogP contribution is -1.99. The van der Waals surface area contributed by atoms with Crippen molar-refractivity contribution in [1.82, 2.24) is 0 Å². The minimum atomic E-state index is 0.132. The Kier molecular flexibility index (Phi) is 1.17. The zero-order chi connectivity index (χ0) is 5.98. The van der Waals surface area contributed by atoms with E-state index >= 15 is 0 Å². The van der Waals surface area contributed by atoms with E-state index in [1.165, 1.54) is 6.26 Å². The Morgan fingerprint density at radius 2 is 2.38 bits per heavy atom. The van der Waals surface area contributed by atoms with Crippen LogP contribution in [0.25, 0.3) is 0 Å². The molecule has 1 rings (SSSR count). The smallest absolute Gasteiger partial charge is 0.293 e. The molecule has 3 nitrogen and oxygen atoms in total. The van der Waals surface area contributed by atoms with Crippen molar-refractivity contribution in [2.24, 2.45) is 5.92 Å². The van der Waals surface area contributed by atoms with Crippen LogP contribution in [0.4, 0.5) is 0 Å². The Morgan fingerprint density at radius 3 is 2.75 bits per heavy atom. The molecule has 42 valence electrons. The third-order valence-electron chi connectivity index (χ3n) is 1.10. The fraction of sp³-hybridized carbons (Fsp3) is 0.600. The van der Waals surface area contributed by atoms with Gasteiger partial charge in [0.2, 0.25) is 5.90 Å². The van der Waals surface area contributed by atoms with Crippen molar-refractivity contribution in [2.75, 3.05) is 0 Å². The number of hydrogen-bond acceptors (Lipinski definition) is 3. The summed E-state index contributed by atoms with van der Waals surface area (Å²) in [4.78, 5) is 0. The van der Waals surface area contributed by atoms with Crippen LogP contribution in [0.2, 0.25) is 0 Å². The zero-order valence-electron chi connectivity index (χ0n) is 4.35. The molecule has 1 N–H and O–H groups in total. The molecule has 1 saturated carbocycles. The Hall–Kier alpha value is -1.04. The largest absolute Gasteiger partial charge is 0.372 e. The van der Waals surface area contributed by atoms with Gasteiger partial charge in [0.25, 0.3) is 6.26 Å². The highest BCUT2D eigenvalue weighted by Gasteiger charge is 2.28. The Balaban J connectivity index is 2.26. The number of hydrogen-bond donors (Lipinski definition) is 1. The number of ether oxygens (including phenoxy) is 1. The summed E-state index contributed by atoms with van der Waals surface area (Å²) in [5, 5.41) is 14.9. The van der Waals surface area contributed by atoms with Gasteiger partial charge >= 0.3 is 0 Å². The highest BCUT2D eigenvalue weighted by Crippen LogP contribution is 2.29. The van der Waals surface area contributed by atoms with E-state index < -0.39 is 0 Å². The minimum absolute atomic E-state index is 0.132. The minimum Gasteiger partial charge on any atom is -0.372 e. The summed E-state index contributed by atoms with van der Waals surface area (Å²) in [6.45, 7) is 0. The number of nitrogens with one attached hydrogen (secondary N) is 1. The van der Waals surface area contributed by atoms with Gasteiger partial charge in [-0.3, -0.25) is 5.41 Å². The molecule has 0 aromatic carbocycles. The molecule has 0 aromatic heterocycles. The lowest BCUT2D eigenvalue weighted by Gasteiger charge is -1.89. The van der Waals surface area contributed by atoms with Gasteiger partial charge in [0, 0.05) is 5.92 Å². The zero-order valence-corrected chi connectivity index (χ0v) is 4.35. The van der Waals surface area contributed by atoms with Gasteiger partial charge in [0.15, 0.2) is 0 Å². The van der Waals surface area contributed by atoms with E-state index in [0.29, 0.717) is 0 Å². The molecule has 1 aliphatic carbocycles. The van der Waals surface area contributed by atoms with Crippen LogP contribution in [0.3, 0.4) is 0 Å². The fourth-order valence-electron chi connectivity index (χ4n) is 0.478. The molecule has 0 aliphatic heterocycles. The molecule has 3 heteroatoms. The quantitative estimate of drug-likeness (QED) is 0.309. The first-order chi connectivity index (χ1) is 3.84. The van der Waals surface area contributed by atoms with Crippen molar-refractivity contribution in [1.29, 1.82) is 10.7 Å². The molecule has 1 aliphatic rings. The van der Waals surface area contributed by atoms with Gasteiger partial charge in [-0.25, -0.2) is 0 Å². The van der Waals surface area contributed by atoms with Crippen molar-refractivity contribution in [3.8, 4) is 6.26 Å². The lowest BCUT2D eigenvalue weighted by atomic mass is 10.4. The van der Waals surface area contributed by atoms with E-state index in [1.54, 1.807) is 0 Å². The molecule has 8 heavy (non-hydrogen) atoms. The van der Waals surface area contributed by atoms with Crippen molar-refractivity contribution in [3.63, 3.8) is 0 Å². The summed E-state index contributed by atoms with van der Waals surface area (Å²) >= 11 is 0. The predicted octanol–water partition coefficient (Wildman–Crippen LogP) is 0.871. The highest BCUT2D eigenvalue weighted by molar-refractivity contribution is 5.78. The maximum absolute atomic E-state index is 7.90. The molecule has 0 amide bonds. The van der Waals surface area contributed by atoms with Crippen LogP contribution in [0.5, 0.6) is 0 Å². The van der Waals surface area contributed by atoms with Crippen LogP contribution in [0.1, 0.15) is 12.8 Å². The molecule has 0 saturated heterocycles. The number of nitrogens with zero attached hydrogens (tertiary/aromatic N) is 1. The van der Waals surface area contributed by atoms with Gasteiger partial charge in [0.05, 0.1) is 0 Å². The summed E-state index contributed by atoms with van der Waals surface area (Å²) in [7, 11) is 0. The third kappa shape index (κ3) is 0.969. The summed E-state index contributed by atoms with van der Waals surface area (Å²) in [5.41, 5.74) is 0. The van der Waals surface area contributed by atoms with Crippen molar-refractivity contribution < 1.29 is 4.74 Å². The molecule has 0 heterocycles. The average Bonchev–Trinajstić information content (AvgIpc) is 2.45. The number of nitriles is 1. The monoisotopic (exact) mass is 110 g/mol. The molecular weight excluding hydrogens is 104 g/mol. The molecule has 0 atom stereocenters. The normalized spacial score (nSPS) is 16.9. The van der Waals surface area contributed by atoms with Gasteiger partial charge in [0.1, 0.15) is 0 Å². The SMILES string of the molecule is N#COC(=N)C1CC1. The Morgan fingerprint density at radius 1 is 1.75 bits per heavy atom. The molecule has 0 bridgehead atoms. The summed E-state index contributed by atoms with van der Waals surface area (Å²) in [5.74, 6) is 0.391. The third-order valence-corrected chi connectivity index (χ3v) is 1.10. The van der Waals surface area contributed by atoms with E-state index in [0.717, 1.165) is 12.8 Å². The molecule has 1 fully saturated rings. The van der Waals surface area contributed by atoms with Crippen LogP contribution < -0.4 is 0 Å². The second-order valence-corrected chi connectivity index (χ2v) is 1.83. The first-order valence-electron chi connectivity index (χ1n) is 2.49.